The van der Waals surface area contributed by atoms with Crippen LogP contribution in [0, 0.1) is 23.7 Å². The molecule has 0 aliphatic carbocycles. The summed E-state index contributed by atoms with van der Waals surface area (Å²) in [6, 6.07) is 0. The van der Waals surface area contributed by atoms with Gasteiger partial charge in [-0.25, -0.2) is 0 Å². The van der Waals surface area contributed by atoms with E-state index in [-0.39, 0.29) is 13.2 Å². The zero-order chi connectivity index (χ0) is 20.3. The van der Waals surface area contributed by atoms with Gasteiger partial charge in [-0.2, -0.15) is 0 Å². The Morgan fingerprint density at radius 1 is 0.444 bits per heavy atom. The molecule has 0 spiro atoms. The lowest BCUT2D eigenvalue weighted by Crippen LogP contribution is -1.80. The molecule has 158 valence electrons. The molecular weight excluding hydrogens is 332 g/mol. The Bertz CT molecular complexity index is 367. The summed E-state index contributed by atoms with van der Waals surface area (Å²) >= 11 is 0. The van der Waals surface area contributed by atoms with Crippen molar-refractivity contribution in [1.29, 1.82) is 0 Å². The molecule has 0 bridgehead atoms. The van der Waals surface area contributed by atoms with Gasteiger partial charge in [0.2, 0.25) is 0 Å². The molecule has 0 rings (SSSR count). The maximum atomic E-state index is 8.51. The molecule has 0 amide bonds. The fourth-order valence-corrected chi connectivity index (χ4v) is 2.72. The van der Waals surface area contributed by atoms with Gasteiger partial charge in [-0.1, -0.05) is 96.8 Å². The smallest absolute Gasteiger partial charge is 0.104 e. The Labute approximate surface area is 170 Å². The van der Waals surface area contributed by atoms with E-state index in [0.717, 1.165) is 12.8 Å². The summed E-state index contributed by atoms with van der Waals surface area (Å²) in [4.78, 5) is 0. The van der Waals surface area contributed by atoms with E-state index in [1.165, 1.54) is 89.9 Å². The van der Waals surface area contributed by atoms with Crippen LogP contribution in [0.25, 0.3) is 0 Å². The third-order valence-electron chi connectivity index (χ3n) is 4.38. The summed E-state index contributed by atoms with van der Waals surface area (Å²) in [5.41, 5.74) is 0. The minimum absolute atomic E-state index is 0.00976. The second-order valence-electron chi connectivity index (χ2n) is 7.08. The molecule has 0 radical (unpaired) electrons. The molecule has 0 aromatic rings. The van der Waals surface area contributed by atoms with Crippen LogP contribution >= 0.6 is 0 Å². The van der Waals surface area contributed by atoms with Gasteiger partial charge in [-0.3, -0.25) is 0 Å². The van der Waals surface area contributed by atoms with Crippen LogP contribution in [0.3, 0.4) is 0 Å². The molecule has 0 aliphatic rings. The molecule has 0 unspecified atom stereocenters. The Hall–Kier alpha value is -0.960. The van der Waals surface area contributed by atoms with Crippen molar-refractivity contribution in [3.63, 3.8) is 0 Å². The average Bonchev–Trinajstić information content (AvgIpc) is 2.69. The first-order valence-corrected chi connectivity index (χ1v) is 11.5. The molecule has 2 nitrogen and oxygen atoms in total. The van der Waals surface area contributed by atoms with Crippen molar-refractivity contribution in [3.05, 3.63) is 0 Å². The number of aliphatic hydroxyl groups excluding tert-OH is 2. The predicted molar refractivity (Wildman–Crippen MR) is 120 cm³/mol. The lowest BCUT2D eigenvalue weighted by Gasteiger charge is -1.99. The molecule has 0 saturated heterocycles. The maximum absolute atomic E-state index is 8.51. The molecule has 0 aromatic heterocycles. The van der Waals surface area contributed by atoms with Crippen LogP contribution in [-0.4, -0.2) is 23.4 Å². The summed E-state index contributed by atoms with van der Waals surface area (Å²) in [6.07, 6.45) is 21.3. The lowest BCUT2D eigenvalue weighted by atomic mass is 10.1. The average molecular weight is 379 g/mol. The third kappa shape index (κ3) is 33.1. The minimum atomic E-state index is 0.00976. The van der Waals surface area contributed by atoms with Gasteiger partial charge >= 0.3 is 0 Å². The molecule has 0 aliphatic heterocycles. The fraction of sp³-hybridized carbons (Fsp3) is 0.840. The van der Waals surface area contributed by atoms with Crippen LogP contribution in [0.5, 0.6) is 0 Å². The number of aliphatic hydroxyl groups is 2. The molecule has 0 saturated carbocycles. The van der Waals surface area contributed by atoms with E-state index in [9.17, 15) is 0 Å². The molecule has 27 heavy (non-hydrogen) atoms. The van der Waals surface area contributed by atoms with Crippen molar-refractivity contribution in [2.45, 2.75) is 123 Å². The molecule has 2 heteroatoms. The Balaban J connectivity index is 0. The second-order valence-corrected chi connectivity index (χ2v) is 7.08. The van der Waals surface area contributed by atoms with Crippen molar-refractivity contribution in [2.24, 2.45) is 0 Å². The van der Waals surface area contributed by atoms with E-state index in [1.54, 1.807) is 0 Å². The van der Waals surface area contributed by atoms with Gasteiger partial charge in [-0.15, -0.1) is 17.8 Å². The monoisotopic (exact) mass is 378 g/mol. The highest BCUT2D eigenvalue weighted by Gasteiger charge is 1.90. The third-order valence-corrected chi connectivity index (χ3v) is 4.38. The largest absolute Gasteiger partial charge is 0.395 e. The van der Waals surface area contributed by atoms with Crippen molar-refractivity contribution in [3.8, 4) is 23.7 Å². The summed E-state index contributed by atoms with van der Waals surface area (Å²) in [5.74, 6) is 11.6. The molecule has 0 heterocycles. The zero-order valence-corrected chi connectivity index (χ0v) is 18.3. The highest BCUT2D eigenvalue weighted by Crippen LogP contribution is 2.09. The van der Waals surface area contributed by atoms with Crippen LogP contribution in [-0.2, 0) is 0 Å². The standard InChI is InChI=1S/C14H26O.C11H20O/c1-2-3-4-5-6-7-8-9-10-11-12-13-14-15;1-2-3-4-5-6-7-8-9-10-11-12/h15H,2-10,13-14H2,1H3;12H,2-8,11H2,1H3. The molecule has 0 aromatic carbocycles. The Morgan fingerprint density at radius 2 is 0.815 bits per heavy atom. The van der Waals surface area contributed by atoms with Crippen molar-refractivity contribution < 1.29 is 10.2 Å². The fourth-order valence-electron chi connectivity index (χ4n) is 2.72. The highest BCUT2D eigenvalue weighted by atomic mass is 16.3. The van der Waals surface area contributed by atoms with Crippen LogP contribution in [0.4, 0.5) is 0 Å². The zero-order valence-electron chi connectivity index (χ0n) is 18.3. The number of rotatable bonds is 15. The minimum Gasteiger partial charge on any atom is -0.395 e. The van der Waals surface area contributed by atoms with Crippen molar-refractivity contribution >= 4 is 0 Å². The van der Waals surface area contributed by atoms with Gasteiger partial charge in [0.15, 0.2) is 0 Å². The van der Waals surface area contributed by atoms with Gasteiger partial charge in [0.1, 0.15) is 6.61 Å². The van der Waals surface area contributed by atoms with Crippen molar-refractivity contribution in [2.75, 3.05) is 13.2 Å². The van der Waals surface area contributed by atoms with Crippen LogP contribution in [0.1, 0.15) is 123 Å². The Morgan fingerprint density at radius 3 is 1.22 bits per heavy atom. The van der Waals surface area contributed by atoms with E-state index >= 15 is 0 Å². The van der Waals surface area contributed by atoms with Gasteiger partial charge in [0, 0.05) is 19.3 Å². The number of hydrogen-bond acceptors (Lipinski definition) is 2. The van der Waals surface area contributed by atoms with Gasteiger partial charge in [0.25, 0.3) is 0 Å². The van der Waals surface area contributed by atoms with Crippen LogP contribution in [0.2, 0.25) is 0 Å². The van der Waals surface area contributed by atoms with Crippen LogP contribution < -0.4 is 0 Å². The normalized spacial score (nSPS) is 9.48. The first kappa shape index (κ1) is 28.3. The van der Waals surface area contributed by atoms with Crippen LogP contribution in [0.15, 0.2) is 0 Å². The first-order valence-electron chi connectivity index (χ1n) is 11.5. The summed E-state index contributed by atoms with van der Waals surface area (Å²) in [6.45, 7) is 4.69. The van der Waals surface area contributed by atoms with Gasteiger partial charge < -0.3 is 10.2 Å². The number of unbranched alkanes of at least 4 members (excludes halogenated alkanes) is 14. The van der Waals surface area contributed by atoms with E-state index in [2.05, 4.69) is 37.5 Å². The van der Waals surface area contributed by atoms with E-state index < -0.39 is 0 Å². The topological polar surface area (TPSA) is 40.5 Å². The quantitative estimate of drug-likeness (QED) is 0.248. The first-order chi connectivity index (χ1) is 13.3. The lowest BCUT2D eigenvalue weighted by molar-refractivity contribution is 0.305. The number of hydrogen-bond donors (Lipinski definition) is 2. The van der Waals surface area contributed by atoms with E-state index in [4.69, 9.17) is 10.2 Å². The maximum Gasteiger partial charge on any atom is 0.104 e. The molecule has 0 atom stereocenters. The molecule has 0 fully saturated rings. The highest BCUT2D eigenvalue weighted by molar-refractivity contribution is 4.98. The molecular formula is C25H46O2. The van der Waals surface area contributed by atoms with Gasteiger partial charge in [-0.05, 0) is 12.8 Å². The van der Waals surface area contributed by atoms with Crippen molar-refractivity contribution in [1.82, 2.24) is 0 Å². The Kier molecular flexibility index (Phi) is 31.2. The predicted octanol–water partition coefficient (Wildman–Crippen LogP) is 6.64. The summed E-state index contributed by atoms with van der Waals surface area (Å²) in [5, 5.41) is 16.9. The summed E-state index contributed by atoms with van der Waals surface area (Å²) in [7, 11) is 0. The van der Waals surface area contributed by atoms with Gasteiger partial charge in [0.05, 0.1) is 6.61 Å². The van der Waals surface area contributed by atoms with E-state index in [0.29, 0.717) is 6.42 Å². The SMILES string of the molecule is CCCCCCCCC#CCO.CCCCCCCCCCC#CCCO. The second kappa shape index (κ2) is 29.8. The van der Waals surface area contributed by atoms with E-state index in [1.807, 2.05) is 0 Å². The summed E-state index contributed by atoms with van der Waals surface area (Å²) < 4.78 is 0. The molecule has 2 N–H and O–H groups in total.